The monoisotopic (exact) mass is 540 g/mol. The molecule has 0 spiro atoms. The number of nitrogens with zero attached hydrogens (tertiary/aromatic N) is 3. The van der Waals surface area contributed by atoms with Gasteiger partial charge in [0.1, 0.15) is 23.3 Å². The second-order valence-electron chi connectivity index (χ2n) is 11.0. The lowest BCUT2D eigenvalue weighted by molar-refractivity contribution is -0.121. The molecule has 2 heterocycles. The maximum Gasteiger partial charge on any atom is 0.258 e. The molecule has 2 aromatic carbocycles. The highest BCUT2D eigenvalue weighted by molar-refractivity contribution is 6.03. The lowest BCUT2D eigenvalue weighted by Gasteiger charge is -2.34. The Morgan fingerprint density at radius 3 is 2.56 bits per heavy atom. The van der Waals surface area contributed by atoms with E-state index in [0.717, 1.165) is 36.9 Å². The predicted octanol–water partition coefficient (Wildman–Crippen LogP) is 3.26. The first-order chi connectivity index (χ1) is 18.5. The minimum atomic E-state index is -1.23. The van der Waals surface area contributed by atoms with Crippen LogP contribution in [0.1, 0.15) is 49.0 Å². The number of amides is 2. The summed E-state index contributed by atoms with van der Waals surface area (Å²) in [7, 11) is 0. The topological polar surface area (TPSA) is 120 Å². The Labute approximate surface area is 226 Å². The van der Waals surface area contributed by atoms with Crippen LogP contribution in [-0.4, -0.2) is 77.3 Å². The zero-order chi connectivity index (χ0) is 28.3. The van der Waals surface area contributed by atoms with E-state index in [9.17, 15) is 24.3 Å². The fourth-order valence-corrected chi connectivity index (χ4v) is 5.42. The van der Waals surface area contributed by atoms with Gasteiger partial charge in [0, 0.05) is 25.1 Å². The number of alkyl halides is 1. The van der Waals surface area contributed by atoms with E-state index in [4.69, 9.17) is 10.5 Å². The van der Waals surface area contributed by atoms with Crippen molar-refractivity contribution in [2.45, 2.75) is 50.9 Å². The molecule has 10 heteroatoms. The molecule has 0 aliphatic carbocycles. The van der Waals surface area contributed by atoms with Crippen LogP contribution in [-0.2, 0) is 4.79 Å². The number of nitriles is 1. The number of piperidine rings is 1. The Hall–Kier alpha value is -3.55. The normalized spacial score (nSPS) is 20.6. The van der Waals surface area contributed by atoms with Crippen molar-refractivity contribution in [2.75, 3.05) is 32.8 Å². The van der Waals surface area contributed by atoms with Crippen molar-refractivity contribution in [1.29, 1.82) is 5.26 Å². The van der Waals surface area contributed by atoms with Gasteiger partial charge < -0.3 is 25.4 Å². The number of primary amides is 1. The molecule has 4 rings (SSSR count). The van der Waals surface area contributed by atoms with Crippen LogP contribution in [0.5, 0.6) is 5.75 Å². The van der Waals surface area contributed by atoms with Crippen LogP contribution in [0.4, 0.5) is 8.78 Å². The number of hydrogen-bond acceptors (Lipinski definition) is 6. The number of aliphatic hydroxyl groups excluding tert-OH is 1. The number of halogens is 2. The average molecular weight is 541 g/mol. The van der Waals surface area contributed by atoms with Gasteiger partial charge in [-0.15, -0.1) is 0 Å². The molecule has 2 saturated heterocycles. The van der Waals surface area contributed by atoms with Crippen LogP contribution >= 0.6 is 0 Å². The van der Waals surface area contributed by atoms with Gasteiger partial charge >= 0.3 is 0 Å². The maximum atomic E-state index is 15.1. The van der Waals surface area contributed by atoms with Gasteiger partial charge in [-0.25, -0.2) is 8.78 Å². The van der Waals surface area contributed by atoms with E-state index in [1.807, 2.05) is 0 Å². The number of aliphatic hydroxyl groups is 1. The zero-order valence-corrected chi connectivity index (χ0v) is 22.2. The molecule has 0 unspecified atom stereocenters. The molecular weight excluding hydrogens is 506 g/mol. The molecule has 0 aromatic heterocycles. The number of likely N-dealkylation sites (tertiary alicyclic amines) is 2. The third kappa shape index (κ3) is 6.72. The van der Waals surface area contributed by atoms with Gasteiger partial charge in [0.25, 0.3) is 5.91 Å². The van der Waals surface area contributed by atoms with Crippen molar-refractivity contribution in [3.63, 3.8) is 0 Å². The minimum absolute atomic E-state index is 0.0206. The van der Waals surface area contributed by atoms with Crippen molar-refractivity contribution >= 4 is 11.8 Å². The smallest absolute Gasteiger partial charge is 0.258 e. The molecule has 0 bridgehead atoms. The first-order valence-corrected chi connectivity index (χ1v) is 13.1. The molecule has 0 saturated carbocycles. The number of carbonyl (C=O) groups is 2. The van der Waals surface area contributed by atoms with E-state index >= 15 is 4.39 Å². The first kappa shape index (κ1) is 28.5. The largest absolute Gasteiger partial charge is 0.493 e. The van der Waals surface area contributed by atoms with Gasteiger partial charge in [0.15, 0.2) is 0 Å². The summed E-state index contributed by atoms with van der Waals surface area (Å²) in [5, 5.41) is 19.9. The molecule has 2 atom stereocenters. The van der Waals surface area contributed by atoms with E-state index in [1.165, 1.54) is 12.1 Å². The van der Waals surface area contributed by atoms with Crippen molar-refractivity contribution in [3.05, 3.63) is 53.3 Å². The molecule has 2 aliphatic rings. The summed E-state index contributed by atoms with van der Waals surface area (Å²) < 4.78 is 35.0. The average Bonchev–Trinajstić information content (AvgIpc) is 3.29. The summed E-state index contributed by atoms with van der Waals surface area (Å²) in [5.74, 6) is -1.60. The highest BCUT2D eigenvalue weighted by Crippen LogP contribution is 2.33. The number of benzene rings is 2. The lowest BCUT2D eigenvalue weighted by atomic mass is 9.94. The molecular formula is C29H34F2N4O4. The quantitative estimate of drug-likeness (QED) is 0.531. The molecule has 2 amide bonds. The predicted molar refractivity (Wildman–Crippen MR) is 141 cm³/mol. The SMILES string of the molecule is CC(C)(F)CN1CCC(COc2ccc(-c3cccc(F)c3C(=O)N3C[C@H](O)C[C@H]3C(N)=O)c(C#N)c2)CC1. The van der Waals surface area contributed by atoms with Crippen molar-refractivity contribution < 1.29 is 28.2 Å². The van der Waals surface area contributed by atoms with Crippen molar-refractivity contribution in [3.8, 4) is 22.9 Å². The Balaban J connectivity index is 1.51. The zero-order valence-electron chi connectivity index (χ0n) is 22.2. The summed E-state index contributed by atoms with van der Waals surface area (Å²) in [6.45, 7) is 5.45. The standard InChI is InChI=1S/C29H34F2N4O4/c1-29(2,31)17-34-10-8-18(9-11-34)16-39-21-6-7-22(19(12-21)14-32)23-4-3-5-24(30)26(23)28(38)35-15-20(36)13-25(35)27(33)37/h3-7,12,18,20,25,36H,8-11,13,15-17H2,1-2H3,(H2,33,37)/t20-,25+/m1/s1. The number of nitrogens with two attached hydrogens (primary N) is 1. The molecule has 2 fully saturated rings. The second-order valence-corrected chi connectivity index (χ2v) is 11.0. The Kier molecular flexibility index (Phi) is 8.52. The number of carbonyl (C=O) groups excluding carboxylic acids is 2. The lowest BCUT2D eigenvalue weighted by Crippen LogP contribution is -2.44. The van der Waals surface area contributed by atoms with E-state index in [0.29, 0.717) is 30.4 Å². The minimum Gasteiger partial charge on any atom is -0.493 e. The fraction of sp³-hybridized carbons (Fsp3) is 0.483. The van der Waals surface area contributed by atoms with Crippen LogP contribution in [0.3, 0.4) is 0 Å². The molecule has 208 valence electrons. The number of rotatable bonds is 8. The Morgan fingerprint density at radius 1 is 1.21 bits per heavy atom. The van der Waals surface area contributed by atoms with Crippen LogP contribution in [0.25, 0.3) is 11.1 Å². The van der Waals surface area contributed by atoms with E-state index in [2.05, 4.69) is 11.0 Å². The highest BCUT2D eigenvalue weighted by Gasteiger charge is 2.39. The third-order valence-electron chi connectivity index (χ3n) is 7.29. The summed E-state index contributed by atoms with van der Waals surface area (Å²) in [5.41, 5.74) is 4.61. The highest BCUT2D eigenvalue weighted by atomic mass is 19.1. The van der Waals surface area contributed by atoms with Crippen LogP contribution < -0.4 is 10.5 Å². The summed E-state index contributed by atoms with van der Waals surface area (Å²) in [6, 6.07) is 9.99. The summed E-state index contributed by atoms with van der Waals surface area (Å²) >= 11 is 0. The van der Waals surface area contributed by atoms with Gasteiger partial charge in [-0.1, -0.05) is 12.1 Å². The molecule has 2 aromatic rings. The summed E-state index contributed by atoms with van der Waals surface area (Å²) in [6.07, 6.45) is 0.792. The van der Waals surface area contributed by atoms with Gasteiger partial charge in [0.05, 0.1) is 29.9 Å². The van der Waals surface area contributed by atoms with E-state index < -0.39 is 35.4 Å². The Bertz CT molecular complexity index is 1260. The number of ether oxygens (including phenoxy) is 1. The van der Waals surface area contributed by atoms with Gasteiger partial charge in [-0.05, 0) is 75.5 Å². The maximum absolute atomic E-state index is 15.1. The van der Waals surface area contributed by atoms with Gasteiger partial charge in [-0.2, -0.15) is 5.26 Å². The second kappa shape index (κ2) is 11.7. The van der Waals surface area contributed by atoms with E-state index in [1.54, 1.807) is 32.0 Å². The molecule has 0 radical (unpaired) electrons. The molecule has 8 nitrogen and oxygen atoms in total. The van der Waals surface area contributed by atoms with Crippen LogP contribution in [0.2, 0.25) is 0 Å². The Morgan fingerprint density at radius 2 is 1.92 bits per heavy atom. The fourth-order valence-electron chi connectivity index (χ4n) is 5.42. The molecule has 39 heavy (non-hydrogen) atoms. The first-order valence-electron chi connectivity index (χ1n) is 13.1. The third-order valence-corrected chi connectivity index (χ3v) is 7.29. The van der Waals surface area contributed by atoms with Gasteiger partial charge in [-0.3, -0.25) is 9.59 Å². The van der Waals surface area contributed by atoms with Gasteiger partial charge in [0.2, 0.25) is 5.91 Å². The van der Waals surface area contributed by atoms with Crippen molar-refractivity contribution in [1.82, 2.24) is 9.80 Å². The van der Waals surface area contributed by atoms with Crippen molar-refractivity contribution in [2.24, 2.45) is 11.7 Å². The number of β-amino-alcohol motifs (C(OH)–C–C–N with tert-alkyl or cyclic N) is 1. The van der Waals surface area contributed by atoms with Crippen LogP contribution in [0, 0.1) is 23.1 Å². The molecule has 3 N–H and O–H groups in total. The van der Waals surface area contributed by atoms with E-state index in [-0.39, 0.29) is 29.7 Å². The van der Waals surface area contributed by atoms with Crippen LogP contribution in [0.15, 0.2) is 36.4 Å². The molecule has 2 aliphatic heterocycles. The number of hydrogen-bond donors (Lipinski definition) is 2. The summed E-state index contributed by atoms with van der Waals surface area (Å²) in [4.78, 5) is 28.5.